The molecule has 2 N–H and O–H groups in total. The number of hydrogen-bond acceptors (Lipinski definition) is 6. The van der Waals surface area contributed by atoms with Crippen LogP contribution in [0.25, 0.3) is 11.3 Å². The summed E-state index contributed by atoms with van der Waals surface area (Å²) in [4.78, 5) is -0.315. The van der Waals surface area contributed by atoms with Crippen molar-refractivity contribution in [1.29, 1.82) is 0 Å². The lowest BCUT2D eigenvalue weighted by molar-refractivity contribution is 0.411. The Hall–Kier alpha value is -2.87. The minimum atomic E-state index is -4.29. The molecule has 8 nitrogen and oxygen atoms in total. The van der Waals surface area contributed by atoms with E-state index in [2.05, 4.69) is 5.32 Å². The minimum Gasteiger partial charge on any atom is -0.494 e. The molecule has 0 fully saturated rings. The van der Waals surface area contributed by atoms with Gasteiger partial charge >= 0.3 is 0 Å². The first-order valence-electron chi connectivity index (χ1n) is 9.11. The second-order valence-corrected chi connectivity index (χ2v) is 9.96. The third-order valence-electron chi connectivity index (χ3n) is 4.11. The van der Waals surface area contributed by atoms with Crippen LogP contribution in [-0.4, -0.2) is 45.8 Å². The van der Waals surface area contributed by atoms with Gasteiger partial charge in [0.05, 0.1) is 18.3 Å². The molecule has 0 radical (unpaired) electrons. The van der Waals surface area contributed by atoms with Crippen molar-refractivity contribution in [2.45, 2.75) is 11.4 Å². The summed E-state index contributed by atoms with van der Waals surface area (Å²) >= 11 is 0. The number of nitrogens with zero attached hydrogens (tertiary/aromatic N) is 1. The molecule has 0 amide bonds. The Bertz CT molecular complexity index is 1350. The molecular formula is C20H21F3N2O6S2. The van der Waals surface area contributed by atoms with Gasteiger partial charge in [-0.05, 0) is 37.4 Å². The molecule has 1 heterocycles. The molecule has 0 aliphatic heterocycles. The topological polar surface area (TPSA) is 115 Å². The highest BCUT2D eigenvalue weighted by Crippen LogP contribution is 2.39. The number of hydrogen-bond donors (Lipinski definition) is 2. The van der Waals surface area contributed by atoms with Gasteiger partial charge in [0, 0.05) is 29.9 Å². The van der Waals surface area contributed by atoms with Crippen LogP contribution < -0.4 is 10.1 Å². The largest absolute Gasteiger partial charge is 0.494 e. The molecule has 0 spiro atoms. The summed E-state index contributed by atoms with van der Waals surface area (Å²) in [5.74, 6) is -2.38. The fourth-order valence-electron chi connectivity index (χ4n) is 2.91. The number of ether oxygens (including phenoxy) is 1. The van der Waals surface area contributed by atoms with Crippen molar-refractivity contribution in [2.24, 2.45) is 0 Å². The summed E-state index contributed by atoms with van der Waals surface area (Å²) in [6.07, 6.45) is 1.99. The Kier molecular flexibility index (Phi) is 8.30. The number of rotatable bonds is 6. The van der Waals surface area contributed by atoms with Crippen molar-refractivity contribution in [1.82, 2.24) is 9.29 Å². The smallest absolute Gasteiger partial charge is 0.268 e. The lowest BCUT2D eigenvalue weighted by atomic mass is 10.1. The molecule has 0 unspecified atom stereocenters. The van der Waals surface area contributed by atoms with Crippen molar-refractivity contribution in [3.05, 3.63) is 71.7 Å². The first kappa shape index (κ1) is 26.4. The van der Waals surface area contributed by atoms with Gasteiger partial charge in [-0.3, -0.25) is 4.55 Å². The highest BCUT2D eigenvalue weighted by atomic mass is 32.2. The molecule has 2 aromatic carbocycles. The summed E-state index contributed by atoms with van der Waals surface area (Å²) in [6, 6.07) is 7.26. The van der Waals surface area contributed by atoms with Gasteiger partial charge < -0.3 is 10.1 Å². The molecular weight excluding hydrogens is 485 g/mol. The zero-order valence-electron chi connectivity index (χ0n) is 17.7. The van der Waals surface area contributed by atoms with E-state index in [1.807, 2.05) is 0 Å². The lowest BCUT2D eigenvalue weighted by Gasteiger charge is -2.13. The zero-order valence-corrected chi connectivity index (χ0v) is 19.3. The lowest BCUT2D eigenvalue weighted by Crippen LogP contribution is -2.14. The van der Waals surface area contributed by atoms with Gasteiger partial charge in [-0.15, -0.1) is 0 Å². The number of halogens is 3. The van der Waals surface area contributed by atoms with E-state index in [9.17, 15) is 30.0 Å². The summed E-state index contributed by atoms with van der Waals surface area (Å²) in [6.45, 7) is 0.227. The molecule has 0 aliphatic carbocycles. The molecule has 180 valence electrons. The normalized spacial score (nSPS) is 11.6. The van der Waals surface area contributed by atoms with Crippen LogP contribution in [0.2, 0.25) is 0 Å². The summed E-state index contributed by atoms with van der Waals surface area (Å²) in [7, 11) is -4.99. The summed E-state index contributed by atoms with van der Waals surface area (Å²) in [5.41, 5.74) is 0.152. The van der Waals surface area contributed by atoms with Crippen LogP contribution in [-0.2, 0) is 26.7 Å². The Morgan fingerprint density at radius 2 is 1.64 bits per heavy atom. The molecule has 0 aliphatic rings. The van der Waals surface area contributed by atoms with E-state index >= 15 is 0 Å². The predicted octanol–water partition coefficient (Wildman–Crippen LogP) is 3.04. The highest BCUT2D eigenvalue weighted by molar-refractivity contribution is 7.90. The Morgan fingerprint density at radius 1 is 1.03 bits per heavy atom. The van der Waals surface area contributed by atoms with Gasteiger partial charge in [0.25, 0.3) is 20.1 Å². The molecule has 0 saturated carbocycles. The number of aromatic nitrogens is 1. The second kappa shape index (κ2) is 10.4. The first-order valence-corrected chi connectivity index (χ1v) is 12.4. The third kappa shape index (κ3) is 6.57. The van der Waals surface area contributed by atoms with Crippen molar-refractivity contribution in [3.63, 3.8) is 0 Å². The SMILES string of the molecule is CNCc1cn(S(=O)(=O)c2cccc(F)c2)c(-c2ccc(F)cc2F)c1OC.CS(=O)(=O)O. The first-order chi connectivity index (χ1) is 15.3. The maximum absolute atomic E-state index is 14.5. The molecule has 33 heavy (non-hydrogen) atoms. The fraction of sp³-hybridized carbons (Fsp3) is 0.200. The molecule has 0 saturated heterocycles. The second-order valence-electron chi connectivity index (χ2n) is 6.68. The van der Waals surface area contributed by atoms with E-state index < -0.39 is 37.6 Å². The monoisotopic (exact) mass is 506 g/mol. The van der Waals surface area contributed by atoms with Crippen LogP contribution >= 0.6 is 0 Å². The van der Waals surface area contributed by atoms with Gasteiger partial charge in [-0.2, -0.15) is 8.42 Å². The van der Waals surface area contributed by atoms with Crippen LogP contribution in [0.15, 0.2) is 53.6 Å². The zero-order chi connectivity index (χ0) is 25.0. The van der Waals surface area contributed by atoms with E-state index in [0.29, 0.717) is 17.9 Å². The number of methoxy groups -OCH3 is 1. The summed E-state index contributed by atoms with van der Waals surface area (Å²) in [5, 5.41) is 2.87. The van der Waals surface area contributed by atoms with Gasteiger partial charge in [0.1, 0.15) is 28.9 Å². The maximum atomic E-state index is 14.5. The highest BCUT2D eigenvalue weighted by Gasteiger charge is 2.28. The van der Waals surface area contributed by atoms with Crippen LogP contribution in [0.4, 0.5) is 13.2 Å². The third-order valence-corrected chi connectivity index (χ3v) is 5.77. The van der Waals surface area contributed by atoms with Crippen molar-refractivity contribution < 1.29 is 39.3 Å². The van der Waals surface area contributed by atoms with E-state index in [0.717, 1.165) is 28.2 Å². The molecule has 1 aromatic heterocycles. The Morgan fingerprint density at radius 3 is 2.15 bits per heavy atom. The van der Waals surface area contributed by atoms with Crippen LogP contribution in [0.3, 0.4) is 0 Å². The average molecular weight is 507 g/mol. The molecule has 13 heteroatoms. The van der Waals surface area contributed by atoms with E-state index in [1.165, 1.54) is 25.4 Å². The van der Waals surface area contributed by atoms with Crippen LogP contribution in [0.5, 0.6) is 5.75 Å². The molecule has 3 aromatic rings. The van der Waals surface area contributed by atoms with Crippen LogP contribution in [0, 0.1) is 17.5 Å². The van der Waals surface area contributed by atoms with Gasteiger partial charge in [0.2, 0.25) is 0 Å². The molecule has 3 rings (SSSR count). The van der Waals surface area contributed by atoms with Crippen LogP contribution in [0.1, 0.15) is 5.56 Å². The summed E-state index contributed by atoms with van der Waals surface area (Å²) < 4.78 is 99.8. The standard InChI is InChI=1S/C19H17F3N2O3S.CH4O3S/c1-23-10-12-11-24(28(25,26)15-5-3-4-13(20)8-15)18(19(12)27-2)16-7-6-14(21)9-17(16)22;1-5(2,3)4/h3-9,11,23H,10H2,1-2H3;1H3,(H,2,3,4). The predicted molar refractivity (Wildman–Crippen MR) is 116 cm³/mol. The van der Waals surface area contributed by atoms with Crippen molar-refractivity contribution in [2.75, 3.05) is 20.4 Å². The van der Waals surface area contributed by atoms with Gasteiger partial charge in [-0.1, -0.05) is 6.07 Å². The van der Waals surface area contributed by atoms with E-state index in [1.54, 1.807) is 7.05 Å². The molecule has 0 bridgehead atoms. The van der Waals surface area contributed by atoms with Gasteiger partial charge in [0.15, 0.2) is 0 Å². The average Bonchev–Trinajstić information content (AvgIpc) is 3.06. The maximum Gasteiger partial charge on any atom is 0.268 e. The number of benzene rings is 2. The minimum absolute atomic E-state index is 0.111. The van der Waals surface area contributed by atoms with E-state index in [4.69, 9.17) is 9.29 Å². The van der Waals surface area contributed by atoms with Crippen molar-refractivity contribution >= 4 is 20.1 Å². The molecule has 0 atom stereocenters. The van der Waals surface area contributed by atoms with Gasteiger partial charge in [-0.25, -0.2) is 25.6 Å². The Balaban J connectivity index is 0.000000696. The van der Waals surface area contributed by atoms with Crippen molar-refractivity contribution in [3.8, 4) is 17.0 Å². The number of nitrogens with one attached hydrogen (secondary N) is 1. The quantitative estimate of drug-likeness (QED) is 0.494. The van der Waals surface area contributed by atoms with E-state index in [-0.39, 0.29) is 28.4 Å². The fourth-order valence-corrected chi connectivity index (χ4v) is 4.34. The Labute approximate surface area is 189 Å².